The summed E-state index contributed by atoms with van der Waals surface area (Å²) in [6.07, 6.45) is 5.43. The van der Waals surface area contributed by atoms with Gasteiger partial charge in [-0.05, 0) is 51.9 Å². The molecule has 3 fully saturated rings. The molecule has 0 aromatic carbocycles. The van der Waals surface area contributed by atoms with E-state index in [1.54, 1.807) is 0 Å². The average molecular weight is 236 g/mol. The van der Waals surface area contributed by atoms with E-state index in [9.17, 15) is 9.59 Å². The van der Waals surface area contributed by atoms with E-state index in [-0.39, 0.29) is 17.9 Å². The van der Waals surface area contributed by atoms with Gasteiger partial charge in [0.05, 0.1) is 0 Å². The van der Waals surface area contributed by atoms with E-state index in [4.69, 9.17) is 0 Å². The number of hydrogen-bond acceptors (Lipinski definition) is 2. The van der Waals surface area contributed by atoms with Crippen molar-refractivity contribution in [3.8, 4) is 0 Å². The molecule has 2 amide bonds. The van der Waals surface area contributed by atoms with Gasteiger partial charge in [-0.3, -0.25) is 9.59 Å². The van der Waals surface area contributed by atoms with Gasteiger partial charge in [0.25, 0.3) is 0 Å². The number of amides is 2. The third-order valence-corrected chi connectivity index (χ3v) is 4.72. The average Bonchev–Trinajstić information content (AvgIpc) is 3.02. The third-order valence-electron chi connectivity index (χ3n) is 4.72. The lowest BCUT2D eigenvalue weighted by molar-refractivity contribution is -0.159. The molecule has 4 nitrogen and oxygen atoms in total. The van der Waals surface area contributed by atoms with E-state index in [1.165, 1.54) is 6.42 Å². The van der Waals surface area contributed by atoms with Crippen LogP contribution in [0.15, 0.2) is 0 Å². The standard InChI is InChI=1S/C13H20N2O2/c1-8-11(16)14-13(2,9-6-7-9)12(17)15(8)10-4-3-5-10/h8-10H,3-7H2,1-2H3,(H,14,16). The Morgan fingerprint density at radius 3 is 2.35 bits per heavy atom. The lowest BCUT2D eigenvalue weighted by atomic mass is 9.84. The number of hydrogen-bond donors (Lipinski definition) is 1. The first-order valence-corrected chi connectivity index (χ1v) is 6.69. The Balaban J connectivity index is 1.89. The molecule has 1 heterocycles. The molecule has 1 saturated heterocycles. The maximum Gasteiger partial charge on any atom is 0.249 e. The summed E-state index contributed by atoms with van der Waals surface area (Å²) < 4.78 is 0. The van der Waals surface area contributed by atoms with Crippen molar-refractivity contribution in [2.24, 2.45) is 5.92 Å². The van der Waals surface area contributed by atoms with Gasteiger partial charge < -0.3 is 10.2 Å². The van der Waals surface area contributed by atoms with Crippen LogP contribution < -0.4 is 5.32 Å². The molecule has 17 heavy (non-hydrogen) atoms. The number of carbonyl (C=O) groups is 2. The van der Waals surface area contributed by atoms with Gasteiger partial charge in [-0.25, -0.2) is 0 Å². The van der Waals surface area contributed by atoms with Crippen molar-refractivity contribution < 1.29 is 9.59 Å². The molecule has 0 aromatic rings. The Bertz CT molecular complexity index is 374. The molecule has 0 spiro atoms. The van der Waals surface area contributed by atoms with E-state index in [0.717, 1.165) is 25.7 Å². The molecule has 4 heteroatoms. The highest BCUT2D eigenvalue weighted by Crippen LogP contribution is 2.43. The molecule has 1 aliphatic heterocycles. The monoisotopic (exact) mass is 236 g/mol. The number of rotatable bonds is 2. The molecule has 0 radical (unpaired) electrons. The van der Waals surface area contributed by atoms with Crippen molar-refractivity contribution in [2.75, 3.05) is 0 Å². The topological polar surface area (TPSA) is 49.4 Å². The minimum atomic E-state index is -0.626. The molecule has 94 valence electrons. The maximum atomic E-state index is 12.6. The lowest BCUT2D eigenvalue weighted by Crippen LogP contribution is -2.71. The third kappa shape index (κ3) is 1.49. The van der Waals surface area contributed by atoms with Crippen LogP contribution >= 0.6 is 0 Å². The Hall–Kier alpha value is -1.06. The van der Waals surface area contributed by atoms with Gasteiger partial charge in [-0.2, -0.15) is 0 Å². The van der Waals surface area contributed by atoms with E-state index in [2.05, 4.69) is 5.32 Å². The summed E-state index contributed by atoms with van der Waals surface area (Å²) in [6, 6.07) is 0.0150. The highest BCUT2D eigenvalue weighted by molar-refractivity contribution is 6.00. The van der Waals surface area contributed by atoms with Gasteiger partial charge >= 0.3 is 0 Å². The largest absolute Gasteiger partial charge is 0.340 e. The van der Waals surface area contributed by atoms with Gasteiger partial charge in [-0.15, -0.1) is 0 Å². The van der Waals surface area contributed by atoms with E-state index in [1.807, 2.05) is 18.7 Å². The summed E-state index contributed by atoms with van der Waals surface area (Å²) in [4.78, 5) is 26.5. The molecule has 0 aromatic heterocycles. The van der Waals surface area contributed by atoms with Crippen LogP contribution in [-0.2, 0) is 9.59 Å². The van der Waals surface area contributed by atoms with E-state index >= 15 is 0 Å². The SMILES string of the molecule is CC1C(=O)NC(C)(C2CC2)C(=O)N1C1CCC1. The van der Waals surface area contributed by atoms with Gasteiger partial charge in [-0.1, -0.05) is 0 Å². The van der Waals surface area contributed by atoms with Gasteiger partial charge in [0.1, 0.15) is 11.6 Å². The normalized spacial score (nSPS) is 38.9. The van der Waals surface area contributed by atoms with Crippen LogP contribution in [0, 0.1) is 5.92 Å². The molecule has 2 unspecified atom stereocenters. The van der Waals surface area contributed by atoms with Crippen LogP contribution in [-0.4, -0.2) is 34.3 Å². The Morgan fingerprint density at radius 1 is 1.24 bits per heavy atom. The second-order valence-corrected chi connectivity index (χ2v) is 5.94. The Morgan fingerprint density at radius 2 is 1.88 bits per heavy atom. The van der Waals surface area contributed by atoms with Crippen LogP contribution in [0.3, 0.4) is 0 Å². The first-order valence-electron chi connectivity index (χ1n) is 6.69. The van der Waals surface area contributed by atoms with Crippen molar-refractivity contribution in [2.45, 2.75) is 63.6 Å². The molecule has 2 saturated carbocycles. The quantitative estimate of drug-likeness (QED) is 0.779. The zero-order valence-corrected chi connectivity index (χ0v) is 10.5. The minimum Gasteiger partial charge on any atom is -0.340 e. The molecule has 2 aliphatic carbocycles. The van der Waals surface area contributed by atoms with Crippen molar-refractivity contribution >= 4 is 11.8 Å². The van der Waals surface area contributed by atoms with Crippen molar-refractivity contribution in [1.82, 2.24) is 10.2 Å². The number of nitrogens with one attached hydrogen (secondary N) is 1. The first kappa shape index (κ1) is 11.1. The Kier molecular flexibility index (Phi) is 2.25. The minimum absolute atomic E-state index is 0.0194. The van der Waals surface area contributed by atoms with Gasteiger partial charge in [0.2, 0.25) is 11.8 Å². The molecule has 3 aliphatic rings. The summed E-state index contributed by atoms with van der Waals surface area (Å²) in [5.41, 5.74) is -0.626. The number of piperazine rings is 1. The molecule has 2 atom stereocenters. The maximum absolute atomic E-state index is 12.6. The van der Waals surface area contributed by atoms with Crippen molar-refractivity contribution in [3.05, 3.63) is 0 Å². The fourth-order valence-corrected chi connectivity index (χ4v) is 3.07. The first-order chi connectivity index (χ1) is 8.04. The second kappa shape index (κ2) is 3.47. The summed E-state index contributed by atoms with van der Waals surface area (Å²) in [5, 5.41) is 2.96. The van der Waals surface area contributed by atoms with E-state index < -0.39 is 5.54 Å². The lowest BCUT2D eigenvalue weighted by Gasteiger charge is -2.49. The summed E-state index contributed by atoms with van der Waals surface area (Å²) in [5.74, 6) is 0.525. The predicted molar refractivity (Wildman–Crippen MR) is 63.2 cm³/mol. The van der Waals surface area contributed by atoms with Crippen LogP contribution in [0.5, 0.6) is 0 Å². The van der Waals surface area contributed by atoms with Crippen molar-refractivity contribution in [1.29, 1.82) is 0 Å². The fourth-order valence-electron chi connectivity index (χ4n) is 3.07. The van der Waals surface area contributed by atoms with Gasteiger partial charge in [0.15, 0.2) is 0 Å². The fraction of sp³-hybridized carbons (Fsp3) is 0.846. The number of carbonyl (C=O) groups excluding carboxylic acids is 2. The molecular weight excluding hydrogens is 216 g/mol. The molecule has 3 rings (SSSR count). The summed E-state index contributed by atoms with van der Waals surface area (Å²) in [6.45, 7) is 3.75. The molecular formula is C13H20N2O2. The van der Waals surface area contributed by atoms with Gasteiger partial charge in [0, 0.05) is 6.04 Å². The van der Waals surface area contributed by atoms with Crippen molar-refractivity contribution in [3.63, 3.8) is 0 Å². The zero-order chi connectivity index (χ0) is 12.2. The van der Waals surface area contributed by atoms with Crippen LogP contribution in [0.4, 0.5) is 0 Å². The highest BCUT2D eigenvalue weighted by Gasteiger charge is 2.56. The second-order valence-electron chi connectivity index (χ2n) is 5.94. The molecule has 1 N–H and O–H groups in total. The highest BCUT2D eigenvalue weighted by atomic mass is 16.2. The predicted octanol–water partition coefficient (Wildman–Crippen LogP) is 1.05. The molecule has 0 bridgehead atoms. The Labute approximate surface area is 102 Å². The summed E-state index contributed by atoms with van der Waals surface area (Å²) >= 11 is 0. The number of nitrogens with zero attached hydrogens (tertiary/aromatic N) is 1. The zero-order valence-electron chi connectivity index (χ0n) is 10.5. The smallest absolute Gasteiger partial charge is 0.249 e. The van der Waals surface area contributed by atoms with Crippen LogP contribution in [0.2, 0.25) is 0 Å². The van der Waals surface area contributed by atoms with E-state index in [0.29, 0.717) is 12.0 Å². The van der Waals surface area contributed by atoms with Crippen LogP contribution in [0.1, 0.15) is 46.0 Å². The van der Waals surface area contributed by atoms with Crippen LogP contribution in [0.25, 0.3) is 0 Å². The summed E-state index contributed by atoms with van der Waals surface area (Å²) in [7, 11) is 0.